The Bertz CT molecular complexity index is 437. The van der Waals surface area contributed by atoms with E-state index in [0.29, 0.717) is 17.1 Å². The number of hydrogen-bond acceptors (Lipinski definition) is 4. The third kappa shape index (κ3) is 2.74. The molecule has 0 aliphatic carbocycles. The molecule has 0 saturated carbocycles. The quantitative estimate of drug-likeness (QED) is 0.870. The Morgan fingerprint density at radius 2 is 1.89 bits per heavy atom. The highest BCUT2D eigenvalue weighted by Crippen LogP contribution is 2.37. The van der Waals surface area contributed by atoms with Crippen LogP contribution in [0.3, 0.4) is 0 Å². The van der Waals surface area contributed by atoms with Crippen LogP contribution in [0.2, 0.25) is 0 Å². The van der Waals surface area contributed by atoms with Crippen molar-refractivity contribution in [3.05, 3.63) is 23.8 Å². The van der Waals surface area contributed by atoms with Crippen molar-refractivity contribution in [3.8, 4) is 17.6 Å². The van der Waals surface area contributed by atoms with Crippen molar-refractivity contribution < 1.29 is 14.6 Å². The van der Waals surface area contributed by atoms with Crippen LogP contribution in [0, 0.1) is 17.2 Å². The Kier molecular flexibility index (Phi) is 4.99. The molecule has 0 radical (unpaired) electrons. The van der Waals surface area contributed by atoms with E-state index in [1.54, 1.807) is 25.3 Å². The van der Waals surface area contributed by atoms with Crippen molar-refractivity contribution in [1.29, 1.82) is 5.26 Å². The second-order valence-electron chi connectivity index (χ2n) is 4.42. The predicted molar refractivity (Wildman–Crippen MR) is 68.7 cm³/mol. The van der Waals surface area contributed by atoms with Gasteiger partial charge in [-0.1, -0.05) is 26.0 Å². The molecule has 0 saturated heterocycles. The van der Waals surface area contributed by atoms with Crippen molar-refractivity contribution >= 4 is 0 Å². The van der Waals surface area contributed by atoms with Gasteiger partial charge in [-0.15, -0.1) is 0 Å². The smallest absolute Gasteiger partial charge is 0.165 e. The van der Waals surface area contributed by atoms with Crippen LogP contribution in [0.25, 0.3) is 0 Å². The molecule has 98 valence electrons. The predicted octanol–water partition coefficient (Wildman–Crippen LogP) is 2.33. The van der Waals surface area contributed by atoms with Crippen LogP contribution >= 0.6 is 0 Å². The molecule has 1 aromatic carbocycles. The monoisotopic (exact) mass is 249 g/mol. The van der Waals surface area contributed by atoms with Crippen molar-refractivity contribution in [1.82, 2.24) is 0 Å². The summed E-state index contributed by atoms with van der Waals surface area (Å²) in [7, 11) is 3.07. The first-order chi connectivity index (χ1) is 8.56. The molecule has 0 spiro atoms. The highest BCUT2D eigenvalue weighted by molar-refractivity contribution is 5.50. The highest BCUT2D eigenvalue weighted by Gasteiger charge is 2.27. The van der Waals surface area contributed by atoms with Crippen LogP contribution in [-0.4, -0.2) is 25.4 Å². The molecule has 1 N–H and O–H groups in total. The number of aliphatic hydroxyl groups excluding tert-OH is 1. The standard InChI is InChI=1S/C14H19NO3/c1-9(2)13(16)11(8-15)10-6-5-7-12(17-3)14(10)18-4/h5-7,9,11,13,16H,1-4H3. The minimum atomic E-state index is -0.740. The van der Waals surface area contributed by atoms with Crippen LogP contribution in [0.1, 0.15) is 25.3 Å². The summed E-state index contributed by atoms with van der Waals surface area (Å²) in [6, 6.07) is 7.47. The van der Waals surface area contributed by atoms with Gasteiger partial charge in [0.1, 0.15) is 5.92 Å². The molecular formula is C14H19NO3. The molecule has 2 unspecified atom stereocenters. The van der Waals surface area contributed by atoms with Gasteiger partial charge >= 0.3 is 0 Å². The topological polar surface area (TPSA) is 62.5 Å². The van der Waals surface area contributed by atoms with Gasteiger partial charge in [-0.25, -0.2) is 0 Å². The number of para-hydroxylation sites is 1. The molecular weight excluding hydrogens is 230 g/mol. The lowest BCUT2D eigenvalue weighted by atomic mass is 9.87. The van der Waals surface area contributed by atoms with E-state index in [-0.39, 0.29) is 5.92 Å². The number of nitrogens with zero attached hydrogens (tertiary/aromatic N) is 1. The molecule has 4 heteroatoms. The maximum atomic E-state index is 10.1. The summed E-state index contributed by atoms with van der Waals surface area (Å²) in [4.78, 5) is 0. The molecule has 0 aliphatic heterocycles. The van der Waals surface area contributed by atoms with Crippen molar-refractivity contribution in [2.45, 2.75) is 25.9 Å². The van der Waals surface area contributed by atoms with E-state index in [2.05, 4.69) is 6.07 Å². The Morgan fingerprint density at radius 3 is 2.33 bits per heavy atom. The van der Waals surface area contributed by atoms with Gasteiger partial charge in [0.25, 0.3) is 0 Å². The maximum Gasteiger partial charge on any atom is 0.165 e. The van der Waals surface area contributed by atoms with E-state index in [1.165, 1.54) is 7.11 Å². The third-order valence-electron chi connectivity index (χ3n) is 2.93. The molecule has 0 heterocycles. The second kappa shape index (κ2) is 6.27. The van der Waals surface area contributed by atoms with E-state index in [0.717, 1.165) is 0 Å². The summed E-state index contributed by atoms with van der Waals surface area (Å²) in [6.45, 7) is 3.75. The lowest BCUT2D eigenvalue weighted by Crippen LogP contribution is -2.23. The third-order valence-corrected chi connectivity index (χ3v) is 2.93. The molecule has 0 aromatic heterocycles. The summed E-state index contributed by atoms with van der Waals surface area (Å²) >= 11 is 0. The fourth-order valence-electron chi connectivity index (χ4n) is 1.87. The SMILES string of the molecule is COc1cccc(C(C#N)C(O)C(C)C)c1OC. The molecule has 0 bridgehead atoms. The summed E-state index contributed by atoms with van der Waals surface area (Å²) < 4.78 is 10.5. The summed E-state index contributed by atoms with van der Waals surface area (Å²) in [5.41, 5.74) is 0.653. The highest BCUT2D eigenvalue weighted by atomic mass is 16.5. The lowest BCUT2D eigenvalue weighted by molar-refractivity contribution is 0.112. The Labute approximate surface area is 108 Å². The van der Waals surface area contributed by atoms with Crippen LogP contribution < -0.4 is 9.47 Å². The first kappa shape index (κ1) is 14.3. The van der Waals surface area contributed by atoms with Crippen LogP contribution in [0.4, 0.5) is 0 Å². The summed E-state index contributed by atoms with van der Waals surface area (Å²) in [5.74, 6) is 0.429. The molecule has 1 rings (SSSR count). The van der Waals surface area contributed by atoms with E-state index in [1.807, 2.05) is 13.8 Å². The van der Waals surface area contributed by atoms with Crippen molar-refractivity contribution in [2.24, 2.45) is 5.92 Å². The first-order valence-corrected chi connectivity index (χ1v) is 5.85. The normalized spacial score (nSPS) is 13.8. The van der Waals surface area contributed by atoms with Gasteiger partial charge in [-0.2, -0.15) is 5.26 Å². The van der Waals surface area contributed by atoms with Crippen LogP contribution in [-0.2, 0) is 0 Å². The van der Waals surface area contributed by atoms with Gasteiger partial charge in [0.15, 0.2) is 11.5 Å². The lowest BCUT2D eigenvalue weighted by Gasteiger charge is -2.22. The Hall–Kier alpha value is -1.73. The van der Waals surface area contributed by atoms with E-state index >= 15 is 0 Å². The Morgan fingerprint density at radius 1 is 1.22 bits per heavy atom. The van der Waals surface area contributed by atoms with Gasteiger partial charge in [-0.3, -0.25) is 0 Å². The molecule has 0 amide bonds. The number of methoxy groups -OCH3 is 2. The fourth-order valence-corrected chi connectivity index (χ4v) is 1.87. The van der Waals surface area contributed by atoms with Gasteiger partial charge < -0.3 is 14.6 Å². The molecule has 2 atom stereocenters. The molecule has 0 aliphatic rings. The van der Waals surface area contributed by atoms with Gasteiger partial charge in [0, 0.05) is 5.56 Å². The van der Waals surface area contributed by atoms with E-state index in [4.69, 9.17) is 9.47 Å². The van der Waals surface area contributed by atoms with E-state index < -0.39 is 12.0 Å². The average Bonchev–Trinajstić information content (AvgIpc) is 2.38. The number of benzene rings is 1. The zero-order chi connectivity index (χ0) is 13.7. The zero-order valence-electron chi connectivity index (χ0n) is 11.2. The number of nitriles is 1. The molecule has 0 fully saturated rings. The second-order valence-corrected chi connectivity index (χ2v) is 4.42. The first-order valence-electron chi connectivity index (χ1n) is 5.85. The molecule has 1 aromatic rings. The van der Waals surface area contributed by atoms with Crippen LogP contribution in [0.5, 0.6) is 11.5 Å². The minimum Gasteiger partial charge on any atom is -0.493 e. The van der Waals surface area contributed by atoms with E-state index in [9.17, 15) is 10.4 Å². The summed E-state index contributed by atoms with van der Waals surface area (Å²) in [6.07, 6.45) is -0.740. The zero-order valence-corrected chi connectivity index (χ0v) is 11.2. The molecule has 18 heavy (non-hydrogen) atoms. The van der Waals surface area contributed by atoms with Gasteiger partial charge in [-0.05, 0) is 12.0 Å². The Balaban J connectivity index is 3.26. The van der Waals surface area contributed by atoms with Crippen LogP contribution in [0.15, 0.2) is 18.2 Å². The number of ether oxygens (including phenoxy) is 2. The van der Waals surface area contributed by atoms with Gasteiger partial charge in [0.05, 0.1) is 26.4 Å². The largest absolute Gasteiger partial charge is 0.493 e. The van der Waals surface area contributed by atoms with Crippen molar-refractivity contribution in [2.75, 3.05) is 14.2 Å². The number of aliphatic hydroxyl groups is 1. The average molecular weight is 249 g/mol. The molecule has 4 nitrogen and oxygen atoms in total. The summed E-state index contributed by atoms with van der Waals surface area (Å²) in [5, 5.41) is 19.4. The van der Waals surface area contributed by atoms with Gasteiger partial charge in [0.2, 0.25) is 0 Å². The minimum absolute atomic E-state index is 0.00874. The number of rotatable bonds is 5. The fraction of sp³-hybridized carbons (Fsp3) is 0.500. The maximum absolute atomic E-state index is 10.1. The van der Waals surface area contributed by atoms with Crippen molar-refractivity contribution in [3.63, 3.8) is 0 Å². The number of hydrogen-bond donors (Lipinski definition) is 1.